The Morgan fingerprint density at radius 1 is 0.818 bits per heavy atom. The van der Waals surface area contributed by atoms with E-state index in [0.717, 1.165) is 11.0 Å². The maximum atomic E-state index is 13.9. The standard InChI is InChI=1S/C26H23FN2O4/c1-3-32-21-12-8-17(9-13-21)23-24(28-19-10-14-22(15-11-19)33-4-2)26(31)29(25(23)30)20-7-5-6-18(27)16-20/h5-16,28H,3-4H2,1-2H3. The van der Waals surface area contributed by atoms with Crippen LogP contribution < -0.4 is 19.7 Å². The van der Waals surface area contributed by atoms with E-state index in [1.807, 2.05) is 13.8 Å². The van der Waals surface area contributed by atoms with Crippen LogP contribution in [0, 0.1) is 5.82 Å². The number of rotatable bonds is 8. The van der Waals surface area contributed by atoms with Crippen molar-refractivity contribution in [1.29, 1.82) is 0 Å². The molecule has 7 heteroatoms. The fourth-order valence-electron chi connectivity index (χ4n) is 3.59. The monoisotopic (exact) mass is 446 g/mol. The lowest BCUT2D eigenvalue weighted by Crippen LogP contribution is -2.32. The van der Waals surface area contributed by atoms with Crippen LogP contribution in [-0.4, -0.2) is 25.0 Å². The molecule has 0 aromatic heterocycles. The molecule has 0 saturated carbocycles. The average Bonchev–Trinajstić information content (AvgIpc) is 3.05. The molecule has 1 N–H and O–H groups in total. The Bertz CT molecular complexity index is 1200. The summed E-state index contributed by atoms with van der Waals surface area (Å²) in [5, 5.41) is 3.08. The fourth-order valence-corrected chi connectivity index (χ4v) is 3.59. The number of nitrogens with one attached hydrogen (secondary N) is 1. The van der Waals surface area contributed by atoms with E-state index in [4.69, 9.17) is 9.47 Å². The highest BCUT2D eigenvalue weighted by atomic mass is 19.1. The molecular formula is C26H23FN2O4. The summed E-state index contributed by atoms with van der Waals surface area (Å²) in [5.41, 5.74) is 1.62. The molecule has 1 heterocycles. The Kier molecular flexibility index (Phi) is 6.40. The number of ether oxygens (including phenoxy) is 2. The zero-order chi connectivity index (χ0) is 23.4. The number of hydrogen-bond donors (Lipinski definition) is 1. The van der Waals surface area contributed by atoms with E-state index in [2.05, 4.69) is 5.32 Å². The molecule has 0 spiro atoms. The molecule has 33 heavy (non-hydrogen) atoms. The van der Waals surface area contributed by atoms with Crippen molar-refractivity contribution in [3.05, 3.63) is 89.9 Å². The normalized spacial score (nSPS) is 13.5. The van der Waals surface area contributed by atoms with Crippen molar-refractivity contribution in [2.75, 3.05) is 23.4 Å². The largest absolute Gasteiger partial charge is 0.494 e. The third-order valence-corrected chi connectivity index (χ3v) is 5.04. The minimum atomic E-state index is -0.566. The van der Waals surface area contributed by atoms with Crippen molar-refractivity contribution in [3.8, 4) is 11.5 Å². The topological polar surface area (TPSA) is 67.9 Å². The summed E-state index contributed by atoms with van der Waals surface area (Å²) in [4.78, 5) is 27.8. The summed E-state index contributed by atoms with van der Waals surface area (Å²) >= 11 is 0. The number of halogens is 1. The second-order valence-electron chi connectivity index (χ2n) is 7.22. The summed E-state index contributed by atoms with van der Waals surface area (Å²) in [7, 11) is 0. The van der Waals surface area contributed by atoms with Crippen molar-refractivity contribution in [2.24, 2.45) is 0 Å². The van der Waals surface area contributed by atoms with Gasteiger partial charge in [0.25, 0.3) is 11.8 Å². The van der Waals surface area contributed by atoms with Gasteiger partial charge in [-0.1, -0.05) is 18.2 Å². The first kappa shape index (κ1) is 22.1. The van der Waals surface area contributed by atoms with Gasteiger partial charge in [-0.25, -0.2) is 9.29 Å². The van der Waals surface area contributed by atoms with Gasteiger partial charge in [-0.15, -0.1) is 0 Å². The van der Waals surface area contributed by atoms with Gasteiger partial charge >= 0.3 is 0 Å². The second-order valence-corrected chi connectivity index (χ2v) is 7.22. The molecule has 0 aliphatic carbocycles. The minimum Gasteiger partial charge on any atom is -0.494 e. The van der Waals surface area contributed by atoms with E-state index in [-0.39, 0.29) is 17.0 Å². The van der Waals surface area contributed by atoms with Crippen LogP contribution in [0.4, 0.5) is 15.8 Å². The third-order valence-electron chi connectivity index (χ3n) is 5.04. The van der Waals surface area contributed by atoms with Gasteiger partial charge in [0.2, 0.25) is 0 Å². The van der Waals surface area contributed by atoms with Gasteiger partial charge in [0.1, 0.15) is 23.0 Å². The van der Waals surface area contributed by atoms with E-state index < -0.39 is 17.6 Å². The van der Waals surface area contributed by atoms with Crippen molar-refractivity contribution in [1.82, 2.24) is 0 Å². The molecule has 0 radical (unpaired) electrons. The van der Waals surface area contributed by atoms with Crippen LogP contribution in [0.15, 0.2) is 78.5 Å². The average molecular weight is 446 g/mol. The Hall–Kier alpha value is -4.13. The highest BCUT2D eigenvalue weighted by Gasteiger charge is 2.40. The number of imide groups is 1. The van der Waals surface area contributed by atoms with Crippen LogP contribution in [0.25, 0.3) is 5.57 Å². The lowest BCUT2D eigenvalue weighted by atomic mass is 10.0. The predicted molar refractivity (Wildman–Crippen MR) is 125 cm³/mol. The van der Waals surface area contributed by atoms with Crippen molar-refractivity contribution >= 4 is 28.8 Å². The summed E-state index contributed by atoms with van der Waals surface area (Å²) in [6.45, 7) is 4.82. The van der Waals surface area contributed by atoms with Crippen LogP contribution >= 0.6 is 0 Å². The molecule has 1 aliphatic heterocycles. The molecule has 0 saturated heterocycles. The Morgan fingerprint density at radius 3 is 2.00 bits per heavy atom. The highest BCUT2D eigenvalue weighted by molar-refractivity contribution is 6.46. The molecule has 1 aliphatic rings. The van der Waals surface area contributed by atoms with E-state index >= 15 is 0 Å². The van der Waals surface area contributed by atoms with Gasteiger partial charge in [-0.2, -0.15) is 0 Å². The zero-order valence-electron chi connectivity index (χ0n) is 18.3. The van der Waals surface area contributed by atoms with Crippen molar-refractivity contribution < 1.29 is 23.5 Å². The van der Waals surface area contributed by atoms with Gasteiger partial charge in [-0.05, 0) is 74.0 Å². The SMILES string of the molecule is CCOc1ccc(NC2=C(c3ccc(OCC)cc3)C(=O)N(c3cccc(F)c3)C2=O)cc1. The van der Waals surface area contributed by atoms with Gasteiger partial charge < -0.3 is 14.8 Å². The minimum absolute atomic E-state index is 0.109. The molecule has 3 aromatic rings. The number of nitrogens with zero attached hydrogens (tertiary/aromatic N) is 1. The number of hydrogen-bond acceptors (Lipinski definition) is 5. The van der Waals surface area contributed by atoms with Crippen LogP contribution in [0.3, 0.4) is 0 Å². The molecule has 0 fully saturated rings. The maximum Gasteiger partial charge on any atom is 0.282 e. The number of benzene rings is 3. The highest BCUT2D eigenvalue weighted by Crippen LogP contribution is 2.34. The first-order valence-corrected chi connectivity index (χ1v) is 10.6. The lowest BCUT2D eigenvalue weighted by Gasteiger charge is -2.15. The van der Waals surface area contributed by atoms with Gasteiger partial charge in [0.05, 0.1) is 24.5 Å². The lowest BCUT2D eigenvalue weighted by molar-refractivity contribution is -0.120. The van der Waals surface area contributed by atoms with Crippen molar-refractivity contribution in [3.63, 3.8) is 0 Å². The van der Waals surface area contributed by atoms with Gasteiger partial charge in [0, 0.05) is 5.69 Å². The smallest absolute Gasteiger partial charge is 0.282 e. The van der Waals surface area contributed by atoms with E-state index in [1.54, 1.807) is 48.5 Å². The summed E-state index contributed by atoms with van der Waals surface area (Å²) < 4.78 is 24.8. The number of amides is 2. The molecule has 2 amide bonds. The molecule has 3 aromatic carbocycles. The first-order valence-electron chi connectivity index (χ1n) is 10.6. The summed E-state index contributed by atoms with van der Waals surface area (Å²) in [6.07, 6.45) is 0. The van der Waals surface area contributed by atoms with Gasteiger partial charge in [0.15, 0.2) is 0 Å². The predicted octanol–water partition coefficient (Wildman–Crippen LogP) is 5.02. The Balaban J connectivity index is 1.75. The van der Waals surface area contributed by atoms with Crippen LogP contribution in [0.5, 0.6) is 11.5 Å². The summed E-state index contributed by atoms with van der Waals surface area (Å²) in [6, 6.07) is 19.4. The van der Waals surface area contributed by atoms with E-state index in [9.17, 15) is 14.0 Å². The second kappa shape index (κ2) is 9.56. The fraction of sp³-hybridized carbons (Fsp3) is 0.154. The quantitative estimate of drug-likeness (QED) is 0.492. The first-order chi connectivity index (χ1) is 16.0. The van der Waals surface area contributed by atoms with Crippen LogP contribution in [0.1, 0.15) is 19.4 Å². The molecule has 0 unspecified atom stereocenters. The molecule has 0 bridgehead atoms. The van der Waals surface area contributed by atoms with E-state index in [1.165, 1.54) is 18.2 Å². The number of anilines is 2. The Morgan fingerprint density at radius 2 is 1.42 bits per heavy atom. The van der Waals surface area contributed by atoms with Crippen molar-refractivity contribution in [2.45, 2.75) is 13.8 Å². The Labute approximate surface area is 191 Å². The number of carbonyl (C=O) groups excluding carboxylic acids is 2. The molecule has 168 valence electrons. The van der Waals surface area contributed by atoms with Gasteiger partial charge in [-0.3, -0.25) is 9.59 Å². The summed E-state index contributed by atoms with van der Waals surface area (Å²) in [5.74, 6) is -0.296. The third kappa shape index (κ3) is 4.57. The zero-order valence-corrected chi connectivity index (χ0v) is 18.3. The molecular weight excluding hydrogens is 423 g/mol. The number of carbonyl (C=O) groups is 2. The molecule has 6 nitrogen and oxygen atoms in total. The van der Waals surface area contributed by atoms with Crippen LogP contribution in [-0.2, 0) is 9.59 Å². The van der Waals surface area contributed by atoms with E-state index in [0.29, 0.717) is 36.0 Å². The van der Waals surface area contributed by atoms with Crippen LogP contribution in [0.2, 0.25) is 0 Å². The molecule has 0 atom stereocenters. The molecule has 4 rings (SSSR count). The maximum absolute atomic E-state index is 13.9.